The van der Waals surface area contributed by atoms with Gasteiger partial charge in [-0.2, -0.15) is 0 Å². The van der Waals surface area contributed by atoms with Crippen molar-refractivity contribution in [3.8, 4) is 0 Å². The Balaban J connectivity index is 1.22. The van der Waals surface area contributed by atoms with Crippen LogP contribution in [0.15, 0.2) is 82.9 Å². The van der Waals surface area contributed by atoms with E-state index in [-0.39, 0.29) is 10.1 Å². The Bertz CT molecular complexity index is 1330. The van der Waals surface area contributed by atoms with Crippen LogP contribution >= 0.6 is 23.2 Å². The van der Waals surface area contributed by atoms with Crippen LogP contribution in [0.25, 0.3) is 0 Å². The second-order valence-electron chi connectivity index (χ2n) is 11.6. The molecule has 0 saturated carbocycles. The number of carbonyl (C=O) groups is 2. The average Bonchev–Trinajstić information content (AvgIpc) is 3.68. The van der Waals surface area contributed by atoms with Crippen molar-refractivity contribution in [2.45, 2.75) is 88.5 Å². The molecule has 234 valence electrons. The largest absolute Gasteiger partial charge is 0.453 e. The van der Waals surface area contributed by atoms with Crippen molar-refractivity contribution in [2.24, 2.45) is 0 Å². The van der Waals surface area contributed by atoms with Crippen molar-refractivity contribution in [2.75, 3.05) is 0 Å². The highest BCUT2D eigenvalue weighted by Gasteiger charge is 2.58. The van der Waals surface area contributed by atoms with Crippen molar-refractivity contribution in [3.05, 3.63) is 94.0 Å². The number of hydrogen-bond donors (Lipinski definition) is 0. The average molecular weight is 648 g/mol. The predicted octanol–water partition coefficient (Wildman–Crippen LogP) is 5.44. The van der Waals surface area contributed by atoms with Crippen molar-refractivity contribution >= 4 is 35.1 Å². The van der Waals surface area contributed by atoms with Crippen LogP contribution in [-0.2, 0) is 37.9 Å². The molecule has 4 aliphatic rings. The molecule has 4 fully saturated rings. The number of halogens is 2. The zero-order valence-corrected chi connectivity index (χ0v) is 25.9. The Kier molecular flexibility index (Phi) is 8.64. The fourth-order valence-corrected chi connectivity index (χ4v) is 6.02. The van der Waals surface area contributed by atoms with Crippen LogP contribution in [0.4, 0.5) is 0 Å². The smallest absolute Gasteiger partial charge is 0.338 e. The third kappa shape index (κ3) is 6.45. The van der Waals surface area contributed by atoms with Crippen molar-refractivity contribution in [3.63, 3.8) is 0 Å². The Morgan fingerprint density at radius 2 is 1.00 bits per heavy atom. The lowest BCUT2D eigenvalue weighted by Gasteiger charge is -2.26. The number of fused-ring (bicyclic) bond motifs is 2. The molecule has 4 heterocycles. The van der Waals surface area contributed by atoms with Gasteiger partial charge in [0.2, 0.25) is 0 Å². The van der Waals surface area contributed by atoms with E-state index < -0.39 is 72.7 Å². The number of rotatable bonds is 7. The fraction of sp³-hybridized carbons (Fsp3) is 0.438. The zero-order chi connectivity index (χ0) is 31.2. The molecule has 0 radical (unpaired) electrons. The van der Waals surface area contributed by atoms with Crippen molar-refractivity contribution in [1.82, 2.24) is 0 Å². The number of esters is 2. The Morgan fingerprint density at radius 1 is 0.636 bits per heavy atom. The lowest BCUT2D eigenvalue weighted by Crippen LogP contribution is -2.39. The van der Waals surface area contributed by atoms with Crippen LogP contribution < -0.4 is 0 Å². The minimum Gasteiger partial charge on any atom is -0.453 e. The molecule has 0 amide bonds. The summed E-state index contributed by atoms with van der Waals surface area (Å²) in [4.78, 5) is 26.0. The van der Waals surface area contributed by atoms with E-state index in [1.165, 1.54) is 12.2 Å². The van der Waals surface area contributed by atoms with E-state index in [1.54, 1.807) is 88.4 Å². The molecular formula is C32H32Cl2O10. The van der Waals surface area contributed by atoms with Crippen LogP contribution in [0.3, 0.4) is 0 Å². The number of allylic oxidation sites excluding steroid dienone is 2. The molecule has 8 atom stereocenters. The van der Waals surface area contributed by atoms with E-state index in [1.807, 2.05) is 0 Å². The van der Waals surface area contributed by atoms with Gasteiger partial charge in [-0.25, -0.2) is 9.59 Å². The van der Waals surface area contributed by atoms with Gasteiger partial charge in [-0.1, -0.05) is 59.6 Å². The van der Waals surface area contributed by atoms with E-state index >= 15 is 0 Å². The SMILES string of the molecule is CC1(C)O[C@H]2O[C@H](/C(Cl)=C/C=C(\Cl)[C@H]3O[C@@H]4OC(C)(C)O[C@@H]4[C@@H]3OC(=O)c3ccccc3)[C@@H](OC(=O)c3ccccc3)[C@H]2O1. The molecular weight excluding hydrogens is 615 g/mol. The summed E-state index contributed by atoms with van der Waals surface area (Å²) < 4.78 is 47.6. The summed E-state index contributed by atoms with van der Waals surface area (Å²) >= 11 is 13.5. The van der Waals surface area contributed by atoms with Crippen LogP contribution in [0, 0.1) is 0 Å². The van der Waals surface area contributed by atoms with Gasteiger partial charge in [0.1, 0.15) is 12.2 Å². The maximum Gasteiger partial charge on any atom is 0.338 e. The third-order valence-corrected chi connectivity index (χ3v) is 8.11. The molecule has 0 aromatic heterocycles. The molecule has 10 nitrogen and oxygen atoms in total. The van der Waals surface area contributed by atoms with Gasteiger partial charge in [0.25, 0.3) is 0 Å². The summed E-state index contributed by atoms with van der Waals surface area (Å²) in [6.07, 6.45) is -3.75. The van der Waals surface area contributed by atoms with Gasteiger partial charge in [-0.05, 0) is 64.1 Å². The van der Waals surface area contributed by atoms with Crippen molar-refractivity contribution < 1.29 is 47.5 Å². The maximum atomic E-state index is 13.0. The van der Waals surface area contributed by atoms with Crippen LogP contribution in [0.5, 0.6) is 0 Å². The standard InChI is InChI=1S/C32H32Cl2O10/c1-31(2)41-25-23(37-27(35)17-11-7-5-8-12-17)21(39-29(25)43-31)19(33)15-16-20(34)22-24(26-30(40-22)44-32(3,4)42-26)38-28(36)18-13-9-6-10-14-18/h5-16,21-26,29-30H,1-4H3/b19-15-,20-16-/t21-,22-,23-,24-,25-,26-,29-,30-/m1/s1. The summed E-state index contributed by atoms with van der Waals surface area (Å²) in [7, 11) is 0. The van der Waals surface area contributed by atoms with E-state index in [0.29, 0.717) is 11.1 Å². The Morgan fingerprint density at radius 3 is 1.36 bits per heavy atom. The molecule has 0 unspecified atom stereocenters. The second kappa shape index (κ2) is 12.2. The summed E-state index contributed by atoms with van der Waals surface area (Å²) in [6.45, 7) is 6.97. The zero-order valence-electron chi connectivity index (χ0n) is 24.4. The molecule has 0 bridgehead atoms. The van der Waals surface area contributed by atoms with Gasteiger partial charge in [0, 0.05) is 0 Å². The number of carbonyl (C=O) groups excluding carboxylic acids is 2. The molecule has 4 aliphatic heterocycles. The first kappa shape index (κ1) is 31.2. The van der Waals surface area contributed by atoms with Gasteiger partial charge in [0.15, 0.2) is 48.6 Å². The fourth-order valence-electron chi connectivity index (χ4n) is 5.54. The predicted molar refractivity (Wildman–Crippen MR) is 157 cm³/mol. The molecule has 44 heavy (non-hydrogen) atoms. The minimum atomic E-state index is -0.945. The molecule has 4 saturated heterocycles. The Labute approximate surface area is 264 Å². The van der Waals surface area contributed by atoms with Crippen LogP contribution in [0.2, 0.25) is 0 Å². The molecule has 2 aromatic rings. The second-order valence-corrected chi connectivity index (χ2v) is 12.5. The minimum absolute atomic E-state index is 0.165. The molecule has 12 heteroatoms. The Hall–Kier alpha value is -2.80. The highest BCUT2D eigenvalue weighted by atomic mass is 35.5. The quantitative estimate of drug-likeness (QED) is 0.285. The van der Waals surface area contributed by atoms with Crippen LogP contribution in [0.1, 0.15) is 48.4 Å². The van der Waals surface area contributed by atoms with E-state index in [4.69, 9.17) is 61.1 Å². The highest BCUT2D eigenvalue weighted by Crippen LogP contribution is 2.43. The molecule has 0 aliphatic carbocycles. The van der Waals surface area contributed by atoms with E-state index in [0.717, 1.165) is 0 Å². The molecule has 6 rings (SSSR count). The maximum absolute atomic E-state index is 13.0. The summed E-state index contributed by atoms with van der Waals surface area (Å²) in [5.41, 5.74) is 0.729. The van der Waals surface area contributed by atoms with Gasteiger partial charge >= 0.3 is 11.9 Å². The highest BCUT2D eigenvalue weighted by molar-refractivity contribution is 6.31. The normalized spacial score (nSPS) is 34.0. The lowest BCUT2D eigenvalue weighted by molar-refractivity contribution is -0.210. The number of benzene rings is 2. The summed E-state index contributed by atoms with van der Waals surface area (Å²) in [6, 6.07) is 17.1. The van der Waals surface area contributed by atoms with Gasteiger partial charge in [-0.3, -0.25) is 0 Å². The molecule has 0 N–H and O–H groups in total. The topological polar surface area (TPSA) is 108 Å². The molecule has 2 aromatic carbocycles. The van der Waals surface area contributed by atoms with E-state index in [2.05, 4.69) is 0 Å². The van der Waals surface area contributed by atoms with Gasteiger partial charge < -0.3 is 37.9 Å². The lowest BCUT2D eigenvalue weighted by atomic mass is 10.1. The summed E-state index contributed by atoms with van der Waals surface area (Å²) in [5.74, 6) is -3.01. The number of ether oxygens (including phenoxy) is 8. The first-order chi connectivity index (χ1) is 20.9. The number of hydrogen-bond acceptors (Lipinski definition) is 10. The summed E-state index contributed by atoms with van der Waals surface area (Å²) in [5, 5.41) is 0.330. The van der Waals surface area contributed by atoms with E-state index in [9.17, 15) is 9.59 Å². The van der Waals surface area contributed by atoms with Crippen molar-refractivity contribution in [1.29, 1.82) is 0 Å². The first-order valence-corrected chi connectivity index (χ1v) is 14.9. The van der Waals surface area contributed by atoms with Gasteiger partial charge in [0.05, 0.1) is 21.2 Å². The first-order valence-electron chi connectivity index (χ1n) is 14.2. The van der Waals surface area contributed by atoms with Gasteiger partial charge in [-0.15, -0.1) is 0 Å². The third-order valence-electron chi connectivity index (χ3n) is 7.43. The van der Waals surface area contributed by atoms with Crippen LogP contribution in [-0.4, -0.2) is 72.7 Å². The monoisotopic (exact) mass is 646 g/mol. The molecule has 0 spiro atoms.